The number of thiazole rings is 1. The Morgan fingerprint density at radius 1 is 1.53 bits per heavy atom. The summed E-state index contributed by atoms with van der Waals surface area (Å²) in [6.07, 6.45) is 1.77. The smallest absolute Gasteiger partial charge is 0.315 e. The first-order valence-corrected chi connectivity index (χ1v) is 8.53. The van der Waals surface area contributed by atoms with Crippen LogP contribution in [0.15, 0.2) is 15.9 Å². The number of fused-ring (bicyclic) bond motifs is 1. The average Bonchev–Trinajstić information content (AvgIpc) is 3.02. The molecule has 0 spiro atoms. The van der Waals surface area contributed by atoms with Crippen LogP contribution in [0.1, 0.15) is 29.8 Å². The molecule has 0 bridgehead atoms. The van der Waals surface area contributed by atoms with Gasteiger partial charge in [-0.3, -0.25) is 4.79 Å². The van der Waals surface area contributed by atoms with E-state index in [1.807, 2.05) is 13.0 Å². The number of carbonyl (C=O) groups is 1. The minimum Gasteiger partial charge on any atom is -0.465 e. The second-order valence-corrected chi connectivity index (χ2v) is 7.82. The van der Waals surface area contributed by atoms with E-state index in [4.69, 9.17) is 4.74 Å². The van der Waals surface area contributed by atoms with Gasteiger partial charge >= 0.3 is 5.97 Å². The Hall–Kier alpha value is -0.720. The fourth-order valence-corrected chi connectivity index (χ4v) is 4.81. The molecule has 0 amide bonds. The fraction of sp³-hybridized carbons (Fsp3) is 0.385. The number of esters is 1. The number of aryl methyl sites for hydroxylation is 1. The van der Waals surface area contributed by atoms with Crippen LogP contribution >= 0.6 is 38.6 Å². The number of carbonyl (C=O) groups excluding carboxylic acids is 1. The molecule has 2 aromatic heterocycles. The van der Waals surface area contributed by atoms with Crippen LogP contribution in [0, 0.1) is 0 Å². The number of ether oxygens (including phenoxy) is 1. The maximum absolute atomic E-state index is 11.9. The van der Waals surface area contributed by atoms with Crippen molar-refractivity contribution in [2.75, 3.05) is 6.61 Å². The Labute approximate surface area is 127 Å². The van der Waals surface area contributed by atoms with E-state index in [1.165, 1.54) is 4.88 Å². The van der Waals surface area contributed by atoms with Gasteiger partial charge in [0.2, 0.25) is 0 Å². The third-order valence-corrected chi connectivity index (χ3v) is 6.00. The van der Waals surface area contributed by atoms with Crippen molar-refractivity contribution >= 4 is 44.6 Å². The number of rotatable bonds is 3. The number of thiophene rings is 1. The Kier molecular flexibility index (Phi) is 3.73. The quantitative estimate of drug-likeness (QED) is 0.771. The van der Waals surface area contributed by atoms with Crippen molar-refractivity contribution in [3.63, 3.8) is 0 Å². The van der Waals surface area contributed by atoms with Gasteiger partial charge in [-0.25, -0.2) is 4.98 Å². The lowest BCUT2D eigenvalue weighted by Gasteiger charge is -2.07. The van der Waals surface area contributed by atoms with Gasteiger partial charge in [-0.2, -0.15) is 0 Å². The summed E-state index contributed by atoms with van der Waals surface area (Å²) in [7, 11) is 0. The van der Waals surface area contributed by atoms with Crippen LogP contribution in [0.3, 0.4) is 0 Å². The zero-order chi connectivity index (χ0) is 13.4. The maximum Gasteiger partial charge on any atom is 0.315 e. The molecule has 3 rings (SSSR count). The topological polar surface area (TPSA) is 39.2 Å². The first-order chi connectivity index (χ1) is 9.19. The van der Waals surface area contributed by atoms with Gasteiger partial charge in [0.05, 0.1) is 21.0 Å². The third kappa shape index (κ3) is 2.49. The molecule has 0 aromatic carbocycles. The second kappa shape index (κ2) is 5.34. The number of hydrogen-bond acceptors (Lipinski definition) is 5. The molecule has 100 valence electrons. The molecule has 1 aliphatic rings. The van der Waals surface area contributed by atoms with Crippen molar-refractivity contribution < 1.29 is 9.53 Å². The molecule has 1 aliphatic carbocycles. The van der Waals surface area contributed by atoms with Crippen molar-refractivity contribution in [3.8, 4) is 9.88 Å². The molecule has 0 aliphatic heterocycles. The molecule has 3 nitrogen and oxygen atoms in total. The lowest BCUT2D eigenvalue weighted by molar-refractivity contribution is -0.145. The van der Waals surface area contributed by atoms with Gasteiger partial charge in [0.1, 0.15) is 10.9 Å². The van der Waals surface area contributed by atoms with Crippen molar-refractivity contribution in [2.24, 2.45) is 0 Å². The predicted molar refractivity (Wildman–Crippen MR) is 80.8 cm³/mol. The van der Waals surface area contributed by atoms with E-state index in [-0.39, 0.29) is 11.9 Å². The molecule has 2 aromatic rings. The molecule has 0 saturated heterocycles. The third-order valence-electron chi connectivity index (χ3n) is 3.07. The average molecular weight is 358 g/mol. The SMILES string of the molecule is CCOC(=O)C1CCc2sc(-c3ccc(Br)s3)nc21. The van der Waals surface area contributed by atoms with Gasteiger partial charge in [-0.05, 0) is 47.8 Å². The summed E-state index contributed by atoms with van der Waals surface area (Å²) in [6, 6.07) is 4.08. The largest absolute Gasteiger partial charge is 0.465 e. The minimum atomic E-state index is -0.164. The van der Waals surface area contributed by atoms with Crippen molar-refractivity contribution in [1.82, 2.24) is 4.98 Å². The first kappa shape index (κ1) is 13.3. The summed E-state index contributed by atoms with van der Waals surface area (Å²) < 4.78 is 6.22. The standard InChI is InChI=1S/C13H12BrNO2S2/c1-2-17-13(16)7-3-4-8-11(7)15-12(19-8)9-5-6-10(14)18-9/h5-7H,2-4H2,1H3. The van der Waals surface area contributed by atoms with E-state index < -0.39 is 0 Å². The van der Waals surface area contributed by atoms with Gasteiger partial charge in [0.15, 0.2) is 0 Å². The van der Waals surface area contributed by atoms with Crippen LogP contribution < -0.4 is 0 Å². The summed E-state index contributed by atoms with van der Waals surface area (Å²) in [6.45, 7) is 2.27. The summed E-state index contributed by atoms with van der Waals surface area (Å²) in [5.74, 6) is -0.297. The number of halogens is 1. The Morgan fingerprint density at radius 3 is 3.05 bits per heavy atom. The van der Waals surface area contributed by atoms with Crippen LogP contribution in [0.5, 0.6) is 0 Å². The lowest BCUT2D eigenvalue weighted by atomic mass is 10.1. The summed E-state index contributed by atoms with van der Waals surface area (Å²) in [5.41, 5.74) is 0.933. The van der Waals surface area contributed by atoms with Gasteiger partial charge in [-0.15, -0.1) is 22.7 Å². The summed E-state index contributed by atoms with van der Waals surface area (Å²) in [5, 5.41) is 1.01. The molecule has 1 unspecified atom stereocenters. The zero-order valence-corrected chi connectivity index (χ0v) is 13.5. The molecule has 1 atom stereocenters. The molecule has 0 radical (unpaired) electrons. The Morgan fingerprint density at radius 2 is 2.37 bits per heavy atom. The van der Waals surface area contributed by atoms with Crippen LogP contribution in [0.4, 0.5) is 0 Å². The monoisotopic (exact) mass is 357 g/mol. The van der Waals surface area contributed by atoms with E-state index >= 15 is 0 Å². The molecule has 0 N–H and O–H groups in total. The van der Waals surface area contributed by atoms with Crippen molar-refractivity contribution in [3.05, 3.63) is 26.5 Å². The summed E-state index contributed by atoms with van der Waals surface area (Å²) >= 11 is 6.83. The van der Waals surface area contributed by atoms with E-state index in [0.29, 0.717) is 6.61 Å². The molecule has 0 fully saturated rings. The highest BCUT2D eigenvalue weighted by Gasteiger charge is 2.33. The van der Waals surface area contributed by atoms with Crippen molar-refractivity contribution in [1.29, 1.82) is 0 Å². The molecule has 19 heavy (non-hydrogen) atoms. The second-order valence-electron chi connectivity index (χ2n) is 4.27. The highest BCUT2D eigenvalue weighted by molar-refractivity contribution is 9.11. The van der Waals surface area contributed by atoms with E-state index in [1.54, 1.807) is 22.7 Å². The number of aromatic nitrogens is 1. The molecular weight excluding hydrogens is 346 g/mol. The fourth-order valence-electron chi connectivity index (χ4n) is 2.23. The lowest BCUT2D eigenvalue weighted by Crippen LogP contribution is -2.14. The molecule has 2 heterocycles. The highest BCUT2D eigenvalue weighted by Crippen LogP contribution is 2.42. The number of nitrogens with zero attached hydrogens (tertiary/aromatic N) is 1. The molecule has 0 saturated carbocycles. The van der Waals surface area contributed by atoms with E-state index in [0.717, 1.165) is 32.2 Å². The predicted octanol–water partition coefficient (Wildman–Crippen LogP) is 4.23. The zero-order valence-electron chi connectivity index (χ0n) is 10.3. The van der Waals surface area contributed by atoms with Gasteiger partial charge in [0, 0.05) is 4.88 Å². The normalized spacial score (nSPS) is 17.5. The van der Waals surface area contributed by atoms with Crippen LogP contribution in [-0.2, 0) is 16.0 Å². The van der Waals surface area contributed by atoms with Gasteiger partial charge in [0.25, 0.3) is 0 Å². The van der Waals surface area contributed by atoms with E-state index in [2.05, 4.69) is 27.0 Å². The van der Waals surface area contributed by atoms with Crippen LogP contribution in [-0.4, -0.2) is 17.6 Å². The molecular formula is C13H12BrNO2S2. The maximum atomic E-state index is 11.9. The Bertz CT molecular complexity index is 620. The van der Waals surface area contributed by atoms with Crippen LogP contribution in [0.25, 0.3) is 9.88 Å². The van der Waals surface area contributed by atoms with Gasteiger partial charge < -0.3 is 4.74 Å². The highest BCUT2D eigenvalue weighted by atomic mass is 79.9. The molecule has 6 heteroatoms. The number of hydrogen-bond donors (Lipinski definition) is 0. The van der Waals surface area contributed by atoms with Gasteiger partial charge in [-0.1, -0.05) is 0 Å². The minimum absolute atomic E-state index is 0.134. The van der Waals surface area contributed by atoms with Crippen molar-refractivity contribution in [2.45, 2.75) is 25.7 Å². The van der Waals surface area contributed by atoms with Crippen LogP contribution in [0.2, 0.25) is 0 Å². The Balaban J connectivity index is 1.90. The summed E-state index contributed by atoms with van der Waals surface area (Å²) in [4.78, 5) is 18.9. The van der Waals surface area contributed by atoms with E-state index in [9.17, 15) is 4.79 Å². The first-order valence-electron chi connectivity index (χ1n) is 6.11.